The summed E-state index contributed by atoms with van der Waals surface area (Å²) in [6, 6.07) is 0. The molecule has 3 amide bonds. The zero-order valence-electron chi connectivity index (χ0n) is 15.6. The van der Waals surface area contributed by atoms with E-state index in [2.05, 4.69) is 0 Å². The smallest absolute Gasteiger partial charge is 0.436 e. The molecule has 0 saturated carbocycles. The molecule has 0 bridgehead atoms. The van der Waals surface area contributed by atoms with E-state index in [1.165, 1.54) is 0 Å². The maximum Gasteiger partial charge on any atom is 0.436 e. The van der Waals surface area contributed by atoms with Crippen molar-refractivity contribution in [2.45, 2.75) is 59.2 Å². The summed E-state index contributed by atoms with van der Waals surface area (Å²) >= 11 is 0. The Labute approximate surface area is 152 Å². The molecule has 0 N–H and O–H groups in total. The number of esters is 1. The van der Waals surface area contributed by atoms with E-state index in [0.717, 1.165) is 0 Å². The van der Waals surface area contributed by atoms with Crippen LogP contribution < -0.4 is 0 Å². The highest BCUT2D eigenvalue weighted by molar-refractivity contribution is 5.94. The Morgan fingerprint density at radius 3 is 2.19 bits per heavy atom. The molecule has 9 nitrogen and oxygen atoms in total. The molecule has 9 heteroatoms. The van der Waals surface area contributed by atoms with Gasteiger partial charge in [-0.05, 0) is 40.5 Å². The lowest BCUT2D eigenvalue weighted by Gasteiger charge is -2.32. The summed E-state index contributed by atoms with van der Waals surface area (Å²) in [5.74, 6) is -1.45. The molecule has 0 aromatic heterocycles. The molecule has 0 aliphatic carbocycles. The first-order valence-corrected chi connectivity index (χ1v) is 8.54. The van der Waals surface area contributed by atoms with Gasteiger partial charge in [0.25, 0.3) is 5.91 Å². The van der Waals surface area contributed by atoms with Gasteiger partial charge in [-0.15, -0.1) is 5.01 Å². The van der Waals surface area contributed by atoms with Crippen LogP contribution in [0.4, 0.5) is 9.59 Å². The van der Waals surface area contributed by atoms with E-state index in [0.29, 0.717) is 22.9 Å². The van der Waals surface area contributed by atoms with E-state index in [4.69, 9.17) is 14.2 Å². The number of nitrogens with zero attached hydrogens (tertiary/aromatic N) is 2. The molecule has 0 unspecified atom stereocenters. The zero-order valence-corrected chi connectivity index (χ0v) is 15.6. The third kappa shape index (κ3) is 7.12. The van der Waals surface area contributed by atoms with Crippen molar-refractivity contribution in [2.75, 3.05) is 13.2 Å². The Morgan fingerprint density at radius 2 is 1.58 bits per heavy atom. The second-order valence-corrected chi connectivity index (χ2v) is 6.15. The highest BCUT2D eigenvalue weighted by Crippen LogP contribution is 2.12. The number of cyclic esters (lactones) is 1. The fraction of sp³-hybridized carbons (Fsp3) is 0.647. The Hall–Kier alpha value is -2.58. The lowest BCUT2D eigenvalue weighted by Crippen LogP contribution is -2.55. The maximum atomic E-state index is 12.6. The van der Waals surface area contributed by atoms with Crippen molar-refractivity contribution in [1.29, 1.82) is 0 Å². The Bertz CT molecular complexity index is 557. The lowest BCUT2D eigenvalue weighted by molar-refractivity contribution is -0.154. The third-order valence-corrected chi connectivity index (χ3v) is 3.05. The molecule has 146 valence electrons. The molecule has 0 fully saturated rings. The van der Waals surface area contributed by atoms with E-state index in [1.807, 2.05) is 0 Å². The molecule has 1 rings (SSSR count). The second-order valence-electron chi connectivity index (χ2n) is 6.15. The number of hydrazine groups is 1. The van der Waals surface area contributed by atoms with E-state index >= 15 is 0 Å². The monoisotopic (exact) mass is 370 g/mol. The number of amides is 3. The normalized spacial score (nSPS) is 18.1. The third-order valence-electron chi connectivity index (χ3n) is 3.05. The number of hydrogen-bond donors (Lipinski definition) is 0. The summed E-state index contributed by atoms with van der Waals surface area (Å²) < 4.78 is 15.1. The van der Waals surface area contributed by atoms with Crippen molar-refractivity contribution >= 4 is 24.1 Å². The van der Waals surface area contributed by atoms with Crippen molar-refractivity contribution < 1.29 is 33.4 Å². The summed E-state index contributed by atoms with van der Waals surface area (Å²) in [6.45, 7) is 5.91. The van der Waals surface area contributed by atoms with E-state index in [-0.39, 0.29) is 13.0 Å². The van der Waals surface area contributed by atoms with E-state index in [9.17, 15) is 19.2 Å². The van der Waals surface area contributed by atoms with Gasteiger partial charge in [0.05, 0.1) is 18.8 Å². The number of rotatable bonds is 2. The Kier molecular flexibility index (Phi) is 8.60. The SMILES string of the molecule is CC(C)OC(=O)N1CC(=O)OCC/C=C\CCC(=O)N1C(=O)OC(C)C. The van der Waals surface area contributed by atoms with E-state index < -0.39 is 42.8 Å². The van der Waals surface area contributed by atoms with Crippen LogP contribution >= 0.6 is 0 Å². The minimum Gasteiger partial charge on any atom is -0.464 e. The van der Waals surface area contributed by atoms with Crippen molar-refractivity contribution in [3.8, 4) is 0 Å². The van der Waals surface area contributed by atoms with E-state index in [1.54, 1.807) is 39.8 Å². The standard InChI is InChI=1S/C17H26N2O7/c1-12(2)25-16(22)18-11-15(21)24-10-8-6-5-7-9-14(20)19(18)17(23)26-13(3)4/h5-6,12-13H,7-11H2,1-4H3/b6-5-. The van der Waals surface area contributed by atoms with Gasteiger partial charge < -0.3 is 14.2 Å². The van der Waals surface area contributed by atoms with Crippen LogP contribution in [0.2, 0.25) is 0 Å². The average Bonchev–Trinajstić information content (AvgIpc) is 2.50. The Balaban J connectivity index is 3.19. The van der Waals surface area contributed by atoms with Crippen molar-refractivity contribution in [3.05, 3.63) is 12.2 Å². The van der Waals surface area contributed by atoms with Crippen LogP contribution in [0.1, 0.15) is 47.0 Å². The predicted octanol–water partition coefficient (Wildman–Crippen LogP) is 2.41. The number of allylic oxidation sites excluding steroid dienone is 1. The second kappa shape index (κ2) is 10.4. The van der Waals surface area contributed by atoms with Gasteiger partial charge in [-0.25, -0.2) is 9.59 Å². The first-order valence-electron chi connectivity index (χ1n) is 8.54. The summed E-state index contributed by atoms with van der Waals surface area (Å²) in [4.78, 5) is 49.4. The van der Waals surface area contributed by atoms with Crippen LogP contribution in [-0.4, -0.2) is 59.4 Å². The lowest BCUT2D eigenvalue weighted by atomic mass is 10.2. The van der Waals surface area contributed by atoms with Crippen molar-refractivity contribution in [3.63, 3.8) is 0 Å². The molecule has 1 aliphatic heterocycles. The number of carbonyl (C=O) groups is 4. The van der Waals surface area contributed by atoms with Gasteiger partial charge in [-0.2, -0.15) is 5.01 Å². The zero-order chi connectivity index (χ0) is 19.7. The predicted molar refractivity (Wildman–Crippen MR) is 90.7 cm³/mol. The molecule has 0 aromatic rings. The molecule has 0 atom stereocenters. The first kappa shape index (κ1) is 21.5. The van der Waals surface area contributed by atoms with Crippen LogP contribution in [0, 0.1) is 0 Å². The van der Waals surface area contributed by atoms with Gasteiger partial charge in [0, 0.05) is 6.42 Å². The molecule has 26 heavy (non-hydrogen) atoms. The molecular formula is C17H26N2O7. The van der Waals surface area contributed by atoms with Gasteiger partial charge in [-0.1, -0.05) is 12.2 Å². The Morgan fingerprint density at radius 1 is 1.00 bits per heavy atom. The fourth-order valence-electron chi connectivity index (χ4n) is 2.02. The maximum absolute atomic E-state index is 12.6. The summed E-state index contributed by atoms with van der Waals surface area (Å²) in [7, 11) is 0. The summed E-state index contributed by atoms with van der Waals surface area (Å²) in [5, 5.41) is 1.14. The van der Waals surface area contributed by atoms with Crippen LogP contribution in [-0.2, 0) is 23.8 Å². The quantitative estimate of drug-likeness (QED) is 0.418. The van der Waals surface area contributed by atoms with Crippen LogP contribution in [0.15, 0.2) is 12.2 Å². The van der Waals surface area contributed by atoms with Gasteiger partial charge in [-0.3, -0.25) is 9.59 Å². The highest BCUT2D eigenvalue weighted by atomic mass is 16.6. The van der Waals surface area contributed by atoms with Crippen molar-refractivity contribution in [1.82, 2.24) is 10.0 Å². The summed E-state index contributed by atoms with van der Waals surface area (Å²) in [6.07, 6.45) is 1.25. The average molecular weight is 370 g/mol. The number of carbonyl (C=O) groups excluding carboxylic acids is 4. The molecule has 1 aliphatic rings. The highest BCUT2D eigenvalue weighted by Gasteiger charge is 2.36. The molecule has 0 aromatic carbocycles. The number of imide groups is 1. The largest absolute Gasteiger partial charge is 0.464 e. The fourth-order valence-corrected chi connectivity index (χ4v) is 2.02. The van der Waals surface area contributed by atoms with Crippen molar-refractivity contribution in [2.24, 2.45) is 0 Å². The molecule has 1 heterocycles. The molecule has 0 saturated heterocycles. The number of ether oxygens (including phenoxy) is 3. The minimum absolute atomic E-state index is 0.0375. The minimum atomic E-state index is -1.06. The topological polar surface area (TPSA) is 102 Å². The molecule has 0 radical (unpaired) electrons. The number of hydrogen-bond acceptors (Lipinski definition) is 7. The van der Waals surface area contributed by atoms with Gasteiger partial charge in [0.1, 0.15) is 6.54 Å². The van der Waals surface area contributed by atoms with Gasteiger partial charge in [0.15, 0.2) is 0 Å². The first-order chi connectivity index (χ1) is 12.2. The van der Waals surface area contributed by atoms with Crippen LogP contribution in [0.25, 0.3) is 0 Å². The molecular weight excluding hydrogens is 344 g/mol. The molecule has 0 spiro atoms. The van der Waals surface area contributed by atoms with Gasteiger partial charge in [0.2, 0.25) is 0 Å². The van der Waals surface area contributed by atoms with Crippen LogP contribution in [0.3, 0.4) is 0 Å². The van der Waals surface area contributed by atoms with Crippen LogP contribution in [0.5, 0.6) is 0 Å². The van der Waals surface area contributed by atoms with Gasteiger partial charge >= 0.3 is 18.2 Å². The summed E-state index contributed by atoms with van der Waals surface area (Å²) in [5.41, 5.74) is 0.